The standard InChI is InChI=1S/C33H45F3N2O4/c1-2-3-4-5-6-7-8-9-10-11-12-13-14-23-37-30(39)27-17-15-25(16-18-27)24-29(38-31(40)32(41)42)26-19-21-28(22-20-26)33(34,35)36/h15-22,29H,2-14,23-24H2,1H3,(H,37,39)(H,38,40)(H,41,42). The van der Waals surface area contributed by atoms with Crippen LogP contribution < -0.4 is 10.6 Å². The number of hydrogen-bond donors (Lipinski definition) is 3. The molecule has 0 saturated carbocycles. The van der Waals surface area contributed by atoms with Gasteiger partial charge in [0.05, 0.1) is 11.6 Å². The Labute approximate surface area is 247 Å². The molecule has 3 N–H and O–H groups in total. The van der Waals surface area contributed by atoms with E-state index in [0.29, 0.717) is 23.2 Å². The summed E-state index contributed by atoms with van der Waals surface area (Å²) < 4.78 is 38.8. The van der Waals surface area contributed by atoms with Gasteiger partial charge in [0, 0.05) is 12.1 Å². The molecule has 2 aromatic rings. The lowest BCUT2D eigenvalue weighted by molar-refractivity contribution is -0.150. The summed E-state index contributed by atoms with van der Waals surface area (Å²) >= 11 is 0. The fourth-order valence-electron chi connectivity index (χ4n) is 4.85. The molecular formula is C33H45F3N2O4. The Morgan fingerprint density at radius 3 is 1.71 bits per heavy atom. The van der Waals surface area contributed by atoms with Crippen molar-refractivity contribution >= 4 is 17.8 Å². The molecule has 0 fully saturated rings. The van der Waals surface area contributed by atoms with Crippen molar-refractivity contribution in [2.75, 3.05) is 6.54 Å². The third-order valence-electron chi connectivity index (χ3n) is 7.36. The van der Waals surface area contributed by atoms with E-state index in [4.69, 9.17) is 5.11 Å². The van der Waals surface area contributed by atoms with Gasteiger partial charge in [-0.05, 0) is 48.2 Å². The predicted molar refractivity (Wildman–Crippen MR) is 158 cm³/mol. The van der Waals surface area contributed by atoms with Crippen molar-refractivity contribution in [3.8, 4) is 0 Å². The molecule has 0 aromatic heterocycles. The summed E-state index contributed by atoms with van der Waals surface area (Å²) in [7, 11) is 0. The molecular weight excluding hydrogens is 545 g/mol. The van der Waals surface area contributed by atoms with Crippen molar-refractivity contribution in [2.45, 2.75) is 109 Å². The quantitative estimate of drug-likeness (QED) is 0.114. The van der Waals surface area contributed by atoms with Crippen molar-refractivity contribution < 1.29 is 32.7 Å². The van der Waals surface area contributed by atoms with Gasteiger partial charge in [0.2, 0.25) is 0 Å². The molecule has 2 amide bonds. The minimum Gasteiger partial charge on any atom is -0.474 e. The zero-order valence-electron chi connectivity index (χ0n) is 24.6. The van der Waals surface area contributed by atoms with Crippen molar-refractivity contribution in [1.29, 1.82) is 0 Å². The largest absolute Gasteiger partial charge is 0.474 e. The van der Waals surface area contributed by atoms with E-state index in [2.05, 4.69) is 17.6 Å². The van der Waals surface area contributed by atoms with E-state index in [9.17, 15) is 27.6 Å². The Hall–Kier alpha value is -3.36. The lowest BCUT2D eigenvalue weighted by atomic mass is 9.97. The Morgan fingerprint density at radius 1 is 0.738 bits per heavy atom. The summed E-state index contributed by atoms with van der Waals surface area (Å²) in [5.74, 6) is -3.15. The summed E-state index contributed by atoms with van der Waals surface area (Å²) in [6, 6.07) is 9.98. The van der Waals surface area contributed by atoms with Crippen molar-refractivity contribution in [3.63, 3.8) is 0 Å². The number of rotatable bonds is 19. The zero-order chi connectivity index (χ0) is 30.8. The summed E-state index contributed by atoms with van der Waals surface area (Å²) in [5, 5.41) is 14.3. The van der Waals surface area contributed by atoms with Crippen LogP contribution in [-0.2, 0) is 22.2 Å². The van der Waals surface area contributed by atoms with Crippen LogP contribution in [0.25, 0.3) is 0 Å². The third kappa shape index (κ3) is 13.5. The monoisotopic (exact) mass is 590 g/mol. The number of alkyl halides is 3. The van der Waals surface area contributed by atoms with Crippen LogP contribution >= 0.6 is 0 Å². The van der Waals surface area contributed by atoms with Gasteiger partial charge < -0.3 is 15.7 Å². The van der Waals surface area contributed by atoms with E-state index in [0.717, 1.165) is 25.0 Å². The van der Waals surface area contributed by atoms with Crippen LogP contribution in [0.5, 0.6) is 0 Å². The van der Waals surface area contributed by atoms with E-state index in [1.54, 1.807) is 24.3 Å². The Morgan fingerprint density at radius 2 is 1.24 bits per heavy atom. The van der Waals surface area contributed by atoms with E-state index in [1.165, 1.54) is 82.8 Å². The highest BCUT2D eigenvalue weighted by molar-refractivity contribution is 6.31. The van der Waals surface area contributed by atoms with E-state index in [-0.39, 0.29) is 12.3 Å². The lowest BCUT2D eigenvalue weighted by Gasteiger charge is -2.19. The maximum absolute atomic E-state index is 12.9. The molecule has 232 valence electrons. The molecule has 2 rings (SSSR count). The summed E-state index contributed by atoms with van der Waals surface area (Å²) in [6.45, 7) is 2.83. The highest BCUT2D eigenvalue weighted by atomic mass is 19.4. The Balaban J connectivity index is 1.74. The Bertz CT molecular complexity index is 1090. The Kier molecular flexibility index (Phi) is 15.7. The maximum atomic E-state index is 12.9. The van der Waals surface area contributed by atoms with Crippen LogP contribution in [0.1, 0.15) is 123 Å². The number of nitrogens with one attached hydrogen (secondary N) is 2. The number of carbonyl (C=O) groups is 3. The van der Waals surface area contributed by atoms with Crippen LogP contribution in [-0.4, -0.2) is 29.4 Å². The van der Waals surface area contributed by atoms with Gasteiger partial charge in [-0.1, -0.05) is 108 Å². The molecule has 0 saturated heterocycles. The van der Waals surface area contributed by atoms with Crippen LogP contribution in [0.4, 0.5) is 13.2 Å². The lowest BCUT2D eigenvalue weighted by Crippen LogP contribution is -2.35. The normalized spacial score (nSPS) is 12.1. The number of amides is 2. The number of carboxylic acid groups (broad SMARTS) is 1. The second-order valence-electron chi connectivity index (χ2n) is 10.9. The molecule has 42 heavy (non-hydrogen) atoms. The first-order valence-electron chi connectivity index (χ1n) is 15.2. The average molecular weight is 591 g/mol. The van der Waals surface area contributed by atoms with Gasteiger partial charge in [-0.3, -0.25) is 9.59 Å². The molecule has 0 spiro atoms. The van der Waals surface area contributed by atoms with E-state index < -0.39 is 29.7 Å². The number of hydrogen-bond acceptors (Lipinski definition) is 3. The predicted octanol–water partition coefficient (Wildman–Crippen LogP) is 8.01. The number of carboxylic acids is 1. The molecule has 1 unspecified atom stereocenters. The highest BCUT2D eigenvalue weighted by Crippen LogP contribution is 2.30. The third-order valence-corrected chi connectivity index (χ3v) is 7.36. The van der Waals surface area contributed by atoms with Crippen molar-refractivity contribution in [3.05, 3.63) is 70.8 Å². The fourth-order valence-corrected chi connectivity index (χ4v) is 4.85. The molecule has 6 nitrogen and oxygen atoms in total. The first kappa shape index (κ1) is 34.8. The highest BCUT2D eigenvalue weighted by Gasteiger charge is 2.30. The maximum Gasteiger partial charge on any atom is 0.416 e. The molecule has 1 atom stereocenters. The second kappa shape index (κ2) is 18.9. The second-order valence-corrected chi connectivity index (χ2v) is 10.9. The topological polar surface area (TPSA) is 95.5 Å². The van der Waals surface area contributed by atoms with Gasteiger partial charge in [0.1, 0.15) is 0 Å². The minimum absolute atomic E-state index is 0.130. The molecule has 0 radical (unpaired) electrons. The molecule has 0 aliphatic carbocycles. The van der Waals surface area contributed by atoms with Crippen LogP contribution in [0.15, 0.2) is 48.5 Å². The number of aliphatic carboxylic acids is 1. The van der Waals surface area contributed by atoms with E-state index in [1.807, 2.05) is 0 Å². The van der Waals surface area contributed by atoms with Crippen LogP contribution in [0, 0.1) is 0 Å². The first-order valence-corrected chi connectivity index (χ1v) is 15.2. The molecule has 0 heterocycles. The van der Waals surface area contributed by atoms with Gasteiger partial charge in [-0.2, -0.15) is 13.2 Å². The zero-order valence-corrected chi connectivity index (χ0v) is 24.6. The van der Waals surface area contributed by atoms with Gasteiger partial charge in [-0.25, -0.2) is 4.79 Å². The number of halogens is 3. The smallest absolute Gasteiger partial charge is 0.416 e. The van der Waals surface area contributed by atoms with Crippen LogP contribution in [0.3, 0.4) is 0 Å². The molecule has 9 heteroatoms. The number of benzene rings is 2. The number of unbranched alkanes of at least 4 members (excludes halogenated alkanes) is 12. The molecule has 0 aliphatic heterocycles. The van der Waals surface area contributed by atoms with Crippen LogP contribution in [0.2, 0.25) is 0 Å². The van der Waals surface area contributed by atoms with Crippen molar-refractivity contribution in [1.82, 2.24) is 10.6 Å². The summed E-state index contributed by atoms with van der Waals surface area (Å²) in [4.78, 5) is 35.4. The minimum atomic E-state index is -4.51. The fraction of sp³-hybridized carbons (Fsp3) is 0.545. The molecule has 0 bridgehead atoms. The van der Waals surface area contributed by atoms with Gasteiger partial charge in [0.25, 0.3) is 5.91 Å². The SMILES string of the molecule is CCCCCCCCCCCCCCCNC(=O)c1ccc(CC(NC(=O)C(=O)O)c2ccc(C(F)(F)F)cc2)cc1. The van der Waals surface area contributed by atoms with Gasteiger partial charge in [0.15, 0.2) is 0 Å². The van der Waals surface area contributed by atoms with Gasteiger partial charge in [-0.15, -0.1) is 0 Å². The molecule has 2 aromatic carbocycles. The molecule has 0 aliphatic rings. The number of carbonyl (C=O) groups excluding carboxylic acids is 2. The first-order chi connectivity index (χ1) is 20.1. The summed E-state index contributed by atoms with van der Waals surface area (Å²) in [5.41, 5.74) is 0.633. The summed E-state index contributed by atoms with van der Waals surface area (Å²) in [6.07, 6.45) is 12.0. The van der Waals surface area contributed by atoms with Gasteiger partial charge >= 0.3 is 18.1 Å². The average Bonchev–Trinajstić information content (AvgIpc) is 2.96. The van der Waals surface area contributed by atoms with E-state index >= 15 is 0 Å². The van der Waals surface area contributed by atoms with Crippen molar-refractivity contribution in [2.24, 2.45) is 0 Å².